The molecule has 1 atom stereocenters. The largest absolute Gasteiger partial charge is 0.558 e. The summed E-state index contributed by atoms with van der Waals surface area (Å²) in [7, 11) is -3.15. The second-order valence-electron chi connectivity index (χ2n) is 1.04. The molecule has 0 aliphatic carbocycles. The van der Waals surface area contributed by atoms with Gasteiger partial charge >= 0.3 is 14.2 Å². The lowest BCUT2D eigenvalue weighted by molar-refractivity contribution is -0.183. The van der Waals surface area contributed by atoms with Crippen LogP contribution < -0.4 is 4.89 Å². The van der Waals surface area contributed by atoms with Crippen LogP contribution in [0.2, 0.25) is 0 Å². The minimum atomic E-state index is -3.15. The molecular weight excluding hydrogens is 147 g/mol. The molecule has 0 bridgehead atoms. The number of hydrogen-bond donors (Lipinski definition) is 1. The van der Waals surface area contributed by atoms with Crippen LogP contribution in [0.3, 0.4) is 0 Å². The van der Waals surface area contributed by atoms with E-state index >= 15 is 0 Å². The molecule has 1 unspecified atom stereocenters. The Hall–Kier alpha value is -0.930. The van der Waals surface area contributed by atoms with E-state index in [0.29, 0.717) is 0 Å². The zero-order chi connectivity index (χ0) is 7.44. The quantitative estimate of drug-likeness (QED) is 0.336. The van der Waals surface area contributed by atoms with Crippen LogP contribution in [0.25, 0.3) is 0 Å². The second kappa shape index (κ2) is 3.17. The summed E-state index contributed by atoms with van der Waals surface area (Å²) in [6, 6.07) is 0. The zero-order valence-corrected chi connectivity index (χ0v) is 5.13. The van der Waals surface area contributed by atoms with Crippen LogP contribution in [-0.4, -0.2) is 11.1 Å². The van der Waals surface area contributed by atoms with Gasteiger partial charge in [0.05, 0.1) is 0 Å². The molecule has 9 heavy (non-hydrogen) atoms. The average Bonchev–Trinajstić information content (AvgIpc) is 1.63. The van der Waals surface area contributed by atoms with Crippen LogP contribution in [0.1, 0.15) is 0 Å². The number of hydrogen-bond acceptors (Lipinski definition) is 4. The van der Waals surface area contributed by atoms with Crippen molar-refractivity contribution in [3.63, 3.8) is 0 Å². The van der Waals surface area contributed by atoms with Crippen LogP contribution in [0.15, 0.2) is 12.3 Å². The summed E-state index contributed by atoms with van der Waals surface area (Å²) < 4.78 is 13.3. The average molecular weight is 150 g/mol. The molecule has 0 fully saturated rings. The molecule has 0 aromatic rings. The van der Waals surface area contributed by atoms with Crippen molar-refractivity contribution in [2.24, 2.45) is 0 Å². The van der Waals surface area contributed by atoms with Gasteiger partial charge < -0.3 is 10.00 Å². The third kappa shape index (κ3) is 3.64. The van der Waals surface area contributed by atoms with Crippen molar-refractivity contribution in [2.75, 3.05) is 0 Å². The van der Waals surface area contributed by atoms with Crippen LogP contribution in [0, 0.1) is 0 Å². The number of rotatable bonds is 3. The third-order valence-electron chi connectivity index (χ3n) is 0.423. The van der Waals surface area contributed by atoms with Gasteiger partial charge in [0.15, 0.2) is 0 Å². The fourth-order valence-electron chi connectivity index (χ4n) is 0.129. The highest BCUT2D eigenvalue weighted by molar-refractivity contribution is 7.30. The van der Waals surface area contributed by atoms with Gasteiger partial charge in [-0.15, -0.1) is 0 Å². The van der Waals surface area contributed by atoms with Gasteiger partial charge in [-0.25, -0.2) is 9.32 Å². The summed E-state index contributed by atoms with van der Waals surface area (Å²) >= 11 is 0. The van der Waals surface area contributed by atoms with E-state index in [-0.39, 0.29) is 0 Å². The molecule has 0 aliphatic heterocycles. The molecule has 0 rings (SSSR count). The molecule has 0 aromatic carbocycles. The van der Waals surface area contributed by atoms with Crippen LogP contribution in [0.5, 0.6) is 0 Å². The lowest BCUT2D eigenvalue weighted by atomic mass is 10.6. The summed E-state index contributed by atoms with van der Waals surface area (Å²) in [4.78, 5) is 19.3. The molecule has 0 aliphatic rings. The Bertz CT molecular complexity index is 162. The van der Waals surface area contributed by atoms with E-state index in [1.54, 1.807) is 0 Å². The monoisotopic (exact) mass is 150 g/mol. The molecule has 0 radical (unpaired) electrons. The first kappa shape index (κ1) is 8.07. The van der Waals surface area contributed by atoms with Gasteiger partial charge in [-0.2, -0.15) is 0 Å². The van der Waals surface area contributed by atoms with Gasteiger partial charge in [-0.05, 0) is 11.1 Å². The molecule has 5 nitrogen and oxygen atoms in total. The Morgan fingerprint density at radius 2 is 2.22 bits per heavy atom. The van der Waals surface area contributed by atoms with E-state index in [9.17, 15) is 14.3 Å². The maximum atomic E-state index is 9.74. The molecule has 0 saturated heterocycles. The Kier molecular flexibility index (Phi) is 2.84. The van der Waals surface area contributed by atoms with Gasteiger partial charge in [0, 0.05) is 0 Å². The van der Waals surface area contributed by atoms with Crippen molar-refractivity contribution in [1.82, 2.24) is 0 Å². The Labute approximate surface area is 51.5 Å². The maximum Gasteiger partial charge on any atom is 0.539 e. The van der Waals surface area contributed by atoms with Crippen LogP contribution in [-0.2, 0) is 13.9 Å². The predicted octanol–water partition coefficient (Wildman–Crippen LogP) is -0.381. The van der Waals surface area contributed by atoms with Gasteiger partial charge in [0.1, 0.15) is 0 Å². The van der Waals surface area contributed by atoms with Crippen molar-refractivity contribution >= 4 is 14.2 Å². The molecule has 0 amide bonds. The molecule has 6 heteroatoms. The van der Waals surface area contributed by atoms with E-state index in [1.807, 2.05) is 0 Å². The molecule has 1 N–H and O–H groups in total. The smallest absolute Gasteiger partial charge is 0.539 e. The summed E-state index contributed by atoms with van der Waals surface area (Å²) in [5.41, 5.74) is 0. The fraction of sp³-hybridized carbons (Fsp3) is 0. The highest BCUT2D eigenvalue weighted by Gasteiger charge is 2.12. The third-order valence-corrected chi connectivity index (χ3v) is 0.793. The van der Waals surface area contributed by atoms with Gasteiger partial charge in [-0.1, -0.05) is 0 Å². The Morgan fingerprint density at radius 1 is 1.78 bits per heavy atom. The van der Waals surface area contributed by atoms with Crippen molar-refractivity contribution in [1.29, 1.82) is 0 Å². The summed E-state index contributed by atoms with van der Waals surface area (Å²) in [6.07, 6.45) is 0. The molecule has 0 aromatic heterocycles. The second-order valence-corrected chi connectivity index (χ2v) is 1.67. The molecule has 0 saturated carbocycles. The first-order valence-corrected chi connectivity index (χ1v) is 2.88. The van der Waals surface area contributed by atoms with Gasteiger partial charge in [0.25, 0.3) is 5.76 Å². The van der Waals surface area contributed by atoms with E-state index in [1.165, 1.54) is 0 Å². The Balaban J connectivity index is 3.79. The van der Waals surface area contributed by atoms with Crippen molar-refractivity contribution in [3.8, 4) is 0 Å². The SMILES string of the molecule is C=C(O[P+](=O)[O-])C(=O)O. The highest BCUT2D eigenvalue weighted by atomic mass is 31.1. The van der Waals surface area contributed by atoms with E-state index < -0.39 is 20.0 Å². The number of carboxylic acids is 1. The number of carbonyl (C=O) groups is 1. The predicted molar refractivity (Wildman–Crippen MR) is 25.5 cm³/mol. The number of aliphatic carboxylic acids is 1. The standard InChI is InChI=1S/C3H3O5P/c1-2(3(4)5)8-9(6)7/h1H2,(H,4,5). The summed E-state index contributed by atoms with van der Waals surface area (Å²) in [5, 5.41) is 7.94. The van der Waals surface area contributed by atoms with Crippen molar-refractivity contribution in [3.05, 3.63) is 12.3 Å². The molecule has 0 heterocycles. The minimum absolute atomic E-state index is 0.800. The van der Waals surface area contributed by atoms with E-state index in [2.05, 4.69) is 11.1 Å². The first-order valence-electron chi connectivity index (χ1n) is 1.78. The molecular formula is C3H3O5P. The van der Waals surface area contributed by atoms with Crippen LogP contribution in [0.4, 0.5) is 0 Å². The first-order chi connectivity index (χ1) is 4.04. The van der Waals surface area contributed by atoms with E-state index in [0.717, 1.165) is 0 Å². The number of carboxylic acid groups (broad SMARTS) is 1. The molecule has 50 valence electrons. The van der Waals surface area contributed by atoms with Crippen molar-refractivity contribution in [2.45, 2.75) is 0 Å². The van der Waals surface area contributed by atoms with E-state index in [4.69, 9.17) is 5.11 Å². The minimum Gasteiger partial charge on any atom is -0.558 e. The highest BCUT2D eigenvalue weighted by Crippen LogP contribution is 2.13. The van der Waals surface area contributed by atoms with Gasteiger partial charge in [-0.3, -0.25) is 0 Å². The lowest BCUT2D eigenvalue weighted by Crippen LogP contribution is -2.01. The normalized spacial score (nSPS) is 10.1. The lowest BCUT2D eigenvalue weighted by Gasteiger charge is -1.89. The maximum absolute atomic E-state index is 9.74. The van der Waals surface area contributed by atoms with Gasteiger partial charge in [0.2, 0.25) is 0 Å². The van der Waals surface area contributed by atoms with Crippen LogP contribution >= 0.6 is 8.25 Å². The summed E-state index contributed by atoms with van der Waals surface area (Å²) in [5.74, 6) is -2.29. The topological polar surface area (TPSA) is 86.7 Å². The zero-order valence-electron chi connectivity index (χ0n) is 4.23. The fourth-order valence-corrected chi connectivity index (χ4v) is 0.387. The Morgan fingerprint density at radius 3 is 2.33 bits per heavy atom. The summed E-state index contributed by atoms with van der Waals surface area (Å²) in [6.45, 7) is 2.79. The molecule has 0 spiro atoms. The van der Waals surface area contributed by atoms with Crippen molar-refractivity contribution < 1.29 is 23.9 Å².